The van der Waals surface area contributed by atoms with E-state index in [0.29, 0.717) is 5.75 Å². The minimum absolute atomic E-state index is 0.0414. The van der Waals surface area contributed by atoms with Gasteiger partial charge in [0.25, 0.3) is 0 Å². The van der Waals surface area contributed by atoms with Crippen LogP contribution < -0.4 is 5.32 Å². The minimum Gasteiger partial charge on any atom is -0.344 e. The van der Waals surface area contributed by atoms with Crippen molar-refractivity contribution < 1.29 is 4.79 Å². The lowest BCUT2D eigenvalue weighted by molar-refractivity contribution is -0.119. The molecule has 0 aliphatic rings. The van der Waals surface area contributed by atoms with Crippen molar-refractivity contribution in [3.05, 3.63) is 106 Å². The molecule has 0 aliphatic heterocycles. The molecule has 1 amide bonds. The van der Waals surface area contributed by atoms with Gasteiger partial charge in [0.2, 0.25) is 5.91 Å². The van der Waals surface area contributed by atoms with Gasteiger partial charge in [-0.1, -0.05) is 94.8 Å². The molecular formula is C22H20BrNOS. The van der Waals surface area contributed by atoms with Gasteiger partial charge < -0.3 is 5.32 Å². The van der Waals surface area contributed by atoms with Gasteiger partial charge in [0.05, 0.1) is 11.8 Å². The second-order valence-corrected chi connectivity index (χ2v) is 7.75. The Morgan fingerprint density at radius 1 is 0.846 bits per heavy atom. The van der Waals surface area contributed by atoms with Gasteiger partial charge in [-0.15, -0.1) is 11.8 Å². The first-order chi connectivity index (χ1) is 12.7. The third-order valence-corrected chi connectivity index (χ3v) is 5.77. The average Bonchev–Trinajstić information content (AvgIpc) is 2.69. The maximum Gasteiger partial charge on any atom is 0.230 e. The van der Waals surface area contributed by atoms with Crippen LogP contribution in [0.3, 0.4) is 0 Å². The van der Waals surface area contributed by atoms with Crippen molar-refractivity contribution in [2.45, 2.75) is 11.8 Å². The summed E-state index contributed by atoms with van der Waals surface area (Å²) in [6.07, 6.45) is 0. The smallest absolute Gasteiger partial charge is 0.230 e. The Morgan fingerprint density at radius 3 is 1.96 bits per heavy atom. The summed E-state index contributed by atoms with van der Waals surface area (Å²) < 4.78 is 1.08. The fourth-order valence-electron chi connectivity index (χ4n) is 2.72. The van der Waals surface area contributed by atoms with Gasteiger partial charge in [-0.3, -0.25) is 4.79 Å². The van der Waals surface area contributed by atoms with Gasteiger partial charge in [-0.05, 0) is 22.8 Å². The van der Waals surface area contributed by atoms with Crippen molar-refractivity contribution in [3.8, 4) is 0 Å². The van der Waals surface area contributed by atoms with E-state index in [1.54, 1.807) is 11.8 Å². The van der Waals surface area contributed by atoms with Gasteiger partial charge >= 0.3 is 0 Å². The van der Waals surface area contributed by atoms with Crippen molar-refractivity contribution >= 4 is 33.6 Å². The first-order valence-corrected chi connectivity index (χ1v) is 10.4. The number of benzene rings is 3. The predicted molar refractivity (Wildman–Crippen MR) is 113 cm³/mol. The Labute approximate surface area is 167 Å². The summed E-state index contributed by atoms with van der Waals surface area (Å²) in [6.45, 7) is 0. The Bertz CT molecular complexity index is 800. The second-order valence-electron chi connectivity index (χ2n) is 5.91. The lowest BCUT2D eigenvalue weighted by atomic mass is 9.99. The van der Waals surface area contributed by atoms with Crippen molar-refractivity contribution in [2.75, 3.05) is 5.75 Å². The number of amides is 1. The zero-order chi connectivity index (χ0) is 18.2. The number of hydrogen-bond acceptors (Lipinski definition) is 2. The zero-order valence-corrected chi connectivity index (χ0v) is 16.7. The molecule has 0 radical (unpaired) electrons. The quantitative estimate of drug-likeness (QED) is 0.534. The summed E-state index contributed by atoms with van der Waals surface area (Å²) in [5.41, 5.74) is 3.37. The van der Waals surface area contributed by atoms with E-state index < -0.39 is 0 Å². The highest BCUT2D eigenvalue weighted by molar-refractivity contribution is 9.10. The molecule has 0 atom stereocenters. The van der Waals surface area contributed by atoms with Crippen LogP contribution in [-0.4, -0.2) is 11.7 Å². The standard InChI is InChI=1S/C22H20BrNOS/c23-20-14-8-7-13-19(20)15-26-16-21(25)24-22(17-9-3-1-4-10-17)18-11-5-2-6-12-18/h1-14,22H,15-16H2,(H,24,25). The number of carbonyl (C=O) groups excluding carboxylic acids is 1. The van der Waals surface area contributed by atoms with Crippen LogP contribution >= 0.6 is 27.7 Å². The second kappa shape index (κ2) is 9.60. The molecule has 3 rings (SSSR count). The summed E-state index contributed by atoms with van der Waals surface area (Å²) in [6, 6.07) is 28.1. The number of rotatable bonds is 7. The van der Waals surface area contributed by atoms with E-state index in [4.69, 9.17) is 0 Å². The van der Waals surface area contributed by atoms with Crippen LogP contribution in [0.25, 0.3) is 0 Å². The highest BCUT2D eigenvalue weighted by atomic mass is 79.9. The minimum atomic E-state index is -0.131. The van der Waals surface area contributed by atoms with Crippen molar-refractivity contribution in [1.29, 1.82) is 0 Å². The molecule has 0 spiro atoms. The van der Waals surface area contributed by atoms with E-state index in [-0.39, 0.29) is 11.9 Å². The SMILES string of the molecule is O=C(CSCc1ccccc1Br)NC(c1ccccc1)c1ccccc1. The molecule has 0 aromatic heterocycles. The third kappa shape index (κ3) is 5.23. The van der Waals surface area contributed by atoms with E-state index in [9.17, 15) is 4.79 Å². The molecule has 0 heterocycles. The van der Waals surface area contributed by atoms with Crippen LogP contribution in [0.1, 0.15) is 22.7 Å². The maximum atomic E-state index is 12.5. The normalized spacial score (nSPS) is 10.7. The van der Waals surface area contributed by atoms with Crippen LogP contribution in [0.2, 0.25) is 0 Å². The molecule has 0 saturated heterocycles. The molecule has 1 N–H and O–H groups in total. The highest BCUT2D eigenvalue weighted by Crippen LogP contribution is 2.23. The number of hydrogen-bond donors (Lipinski definition) is 1. The van der Waals surface area contributed by atoms with E-state index in [0.717, 1.165) is 21.4 Å². The van der Waals surface area contributed by atoms with E-state index in [1.807, 2.05) is 78.9 Å². The molecule has 3 aromatic rings. The summed E-state index contributed by atoms with van der Waals surface area (Å²) in [7, 11) is 0. The summed E-state index contributed by atoms with van der Waals surface area (Å²) in [5, 5.41) is 3.18. The summed E-state index contributed by atoms with van der Waals surface area (Å²) in [5.74, 6) is 1.27. The molecular weight excluding hydrogens is 406 g/mol. The van der Waals surface area contributed by atoms with Crippen molar-refractivity contribution in [2.24, 2.45) is 0 Å². The molecule has 26 heavy (non-hydrogen) atoms. The zero-order valence-electron chi connectivity index (χ0n) is 14.3. The number of thioether (sulfide) groups is 1. The van der Waals surface area contributed by atoms with Crippen LogP contribution in [0.5, 0.6) is 0 Å². The fraction of sp³-hybridized carbons (Fsp3) is 0.136. The number of halogens is 1. The molecule has 0 aliphatic carbocycles. The predicted octanol–water partition coefficient (Wildman–Crippen LogP) is 5.59. The van der Waals surface area contributed by atoms with Gasteiger partial charge in [-0.25, -0.2) is 0 Å². The highest BCUT2D eigenvalue weighted by Gasteiger charge is 2.16. The summed E-state index contributed by atoms with van der Waals surface area (Å²) >= 11 is 5.17. The van der Waals surface area contributed by atoms with E-state index >= 15 is 0 Å². The molecule has 2 nitrogen and oxygen atoms in total. The van der Waals surface area contributed by atoms with E-state index in [1.165, 1.54) is 5.56 Å². The number of nitrogens with one attached hydrogen (secondary N) is 1. The average molecular weight is 426 g/mol. The molecule has 4 heteroatoms. The Balaban J connectivity index is 1.63. The molecule has 0 bridgehead atoms. The maximum absolute atomic E-state index is 12.5. The Hall–Kier alpha value is -2.04. The molecule has 132 valence electrons. The number of carbonyl (C=O) groups is 1. The van der Waals surface area contributed by atoms with Crippen LogP contribution in [0.4, 0.5) is 0 Å². The Morgan fingerprint density at radius 2 is 1.38 bits per heavy atom. The van der Waals surface area contributed by atoms with Crippen LogP contribution in [-0.2, 0) is 10.5 Å². The van der Waals surface area contributed by atoms with Crippen molar-refractivity contribution in [1.82, 2.24) is 5.32 Å². The van der Waals surface area contributed by atoms with Gasteiger partial charge in [0, 0.05) is 10.2 Å². The first kappa shape index (κ1) is 18.7. The first-order valence-electron chi connectivity index (χ1n) is 8.44. The lowest BCUT2D eigenvalue weighted by Gasteiger charge is -2.20. The largest absolute Gasteiger partial charge is 0.344 e. The third-order valence-electron chi connectivity index (χ3n) is 4.02. The van der Waals surface area contributed by atoms with Crippen LogP contribution in [0.15, 0.2) is 89.4 Å². The Kier molecular flexibility index (Phi) is 6.92. The van der Waals surface area contributed by atoms with Crippen LogP contribution in [0, 0.1) is 0 Å². The molecule has 0 fully saturated rings. The van der Waals surface area contributed by atoms with Gasteiger partial charge in [0.1, 0.15) is 0 Å². The topological polar surface area (TPSA) is 29.1 Å². The van der Waals surface area contributed by atoms with Gasteiger partial charge in [0.15, 0.2) is 0 Å². The molecule has 0 saturated carbocycles. The van der Waals surface area contributed by atoms with E-state index in [2.05, 4.69) is 27.3 Å². The molecule has 3 aromatic carbocycles. The fourth-order valence-corrected chi connectivity index (χ4v) is 4.17. The lowest BCUT2D eigenvalue weighted by Crippen LogP contribution is -2.30. The summed E-state index contributed by atoms with van der Waals surface area (Å²) in [4.78, 5) is 12.5. The van der Waals surface area contributed by atoms with Crippen molar-refractivity contribution in [3.63, 3.8) is 0 Å². The molecule has 0 unspecified atom stereocenters. The van der Waals surface area contributed by atoms with Gasteiger partial charge in [-0.2, -0.15) is 0 Å². The monoisotopic (exact) mass is 425 g/mol.